The quantitative estimate of drug-likeness (QED) is 0.845. The fourth-order valence-corrected chi connectivity index (χ4v) is 3.04. The number of likely N-dealkylation sites (N-methyl/N-ethyl adjacent to an activating group) is 1. The maximum atomic E-state index is 12.0. The second-order valence-electron chi connectivity index (χ2n) is 5.46. The van der Waals surface area contributed by atoms with Crippen LogP contribution >= 0.6 is 0 Å². The molecule has 1 aromatic heterocycles. The minimum absolute atomic E-state index is 0.171. The lowest BCUT2D eigenvalue weighted by Gasteiger charge is -2.25. The van der Waals surface area contributed by atoms with Gasteiger partial charge in [-0.1, -0.05) is 0 Å². The van der Waals surface area contributed by atoms with E-state index in [1.54, 1.807) is 0 Å². The number of nitrogens with zero attached hydrogens (tertiary/aromatic N) is 2. The van der Waals surface area contributed by atoms with Gasteiger partial charge in [-0.05, 0) is 52.6 Å². The molecule has 2 rings (SSSR count). The SMILES string of the molecule is CNC1(C(=O)OC)CCC(n2nc(C)c(C)c2C)C1. The number of esters is 1. The molecule has 0 aromatic carbocycles. The van der Waals surface area contributed by atoms with Crippen molar-refractivity contribution < 1.29 is 9.53 Å². The summed E-state index contributed by atoms with van der Waals surface area (Å²) in [4.78, 5) is 12.0. The number of carbonyl (C=O) groups excluding carboxylic acids is 1. The highest BCUT2D eigenvalue weighted by Gasteiger charge is 2.46. The largest absolute Gasteiger partial charge is 0.468 e. The maximum Gasteiger partial charge on any atom is 0.326 e. The van der Waals surface area contributed by atoms with Crippen LogP contribution in [0.3, 0.4) is 0 Å². The molecular formula is C14H23N3O2. The molecule has 1 fully saturated rings. The minimum Gasteiger partial charge on any atom is -0.468 e. The highest BCUT2D eigenvalue weighted by Crippen LogP contribution is 2.39. The summed E-state index contributed by atoms with van der Waals surface area (Å²) >= 11 is 0. The summed E-state index contributed by atoms with van der Waals surface area (Å²) in [6, 6.07) is 0.263. The molecule has 0 radical (unpaired) electrons. The molecule has 0 saturated heterocycles. The van der Waals surface area contributed by atoms with Crippen LogP contribution in [-0.2, 0) is 9.53 Å². The third-order valence-corrected chi connectivity index (χ3v) is 4.58. The summed E-state index contributed by atoms with van der Waals surface area (Å²) in [5, 5.41) is 7.77. The van der Waals surface area contributed by atoms with Gasteiger partial charge in [0, 0.05) is 5.69 Å². The van der Waals surface area contributed by atoms with Crippen LogP contribution < -0.4 is 5.32 Å². The van der Waals surface area contributed by atoms with Crippen molar-refractivity contribution in [1.82, 2.24) is 15.1 Å². The Kier molecular flexibility index (Phi) is 3.67. The number of nitrogens with one attached hydrogen (secondary N) is 1. The van der Waals surface area contributed by atoms with Crippen molar-refractivity contribution in [2.75, 3.05) is 14.2 Å². The Bertz CT molecular complexity index is 495. The third kappa shape index (κ3) is 2.16. The first kappa shape index (κ1) is 14.1. The summed E-state index contributed by atoms with van der Waals surface area (Å²) < 4.78 is 7.02. The van der Waals surface area contributed by atoms with Gasteiger partial charge < -0.3 is 10.1 Å². The predicted molar refractivity (Wildman–Crippen MR) is 73.1 cm³/mol. The van der Waals surface area contributed by atoms with Gasteiger partial charge in [0.25, 0.3) is 0 Å². The zero-order valence-corrected chi connectivity index (χ0v) is 12.4. The summed E-state index contributed by atoms with van der Waals surface area (Å²) in [6.45, 7) is 6.21. The second-order valence-corrected chi connectivity index (χ2v) is 5.46. The first-order valence-electron chi connectivity index (χ1n) is 6.75. The van der Waals surface area contributed by atoms with E-state index >= 15 is 0 Å². The maximum absolute atomic E-state index is 12.0. The highest BCUT2D eigenvalue weighted by molar-refractivity contribution is 5.81. The number of hydrogen-bond acceptors (Lipinski definition) is 4. The average Bonchev–Trinajstić information content (AvgIpc) is 2.96. The Morgan fingerprint density at radius 2 is 2.16 bits per heavy atom. The standard InChI is InChI=1S/C14H23N3O2/c1-9-10(2)16-17(11(9)3)12-6-7-14(8-12,15-4)13(18)19-5/h12,15H,6-8H2,1-5H3. The van der Waals surface area contributed by atoms with Gasteiger partial charge in [-0.2, -0.15) is 5.10 Å². The number of carbonyl (C=O) groups is 1. The molecule has 1 N–H and O–H groups in total. The summed E-state index contributed by atoms with van der Waals surface area (Å²) in [7, 11) is 3.27. The van der Waals surface area contributed by atoms with Crippen LogP contribution in [0.2, 0.25) is 0 Å². The number of rotatable bonds is 3. The summed E-state index contributed by atoms with van der Waals surface area (Å²) in [6.07, 6.45) is 2.47. The molecule has 1 aliphatic rings. The first-order valence-corrected chi connectivity index (χ1v) is 6.75. The van der Waals surface area contributed by atoms with E-state index in [9.17, 15) is 4.79 Å². The van der Waals surface area contributed by atoms with Gasteiger partial charge in [-0.3, -0.25) is 9.48 Å². The van der Waals surface area contributed by atoms with E-state index in [2.05, 4.69) is 28.9 Å². The van der Waals surface area contributed by atoms with Crippen molar-refractivity contribution in [2.24, 2.45) is 0 Å². The van der Waals surface area contributed by atoms with E-state index in [0.717, 1.165) is 25.0 Å². The average molecular weight is 265 g/mol. The fourth-order valence-electron chi connectivity index (χ4n) is 3.04. The predicted octanol–water partition coefficient (Wildman–Crippen LogP) is 1.66. The van der Waals surface area contributed by atoms with Crippen molar-refractivity contribution in [3.8, 4) is 0 Å². The molecule has 0 spiro atoms. The monoisotopic (exact) mass is 265 g/mol. The van der Waals surface area contributed by atoms with Crippen LogP contribution in [0.25, 0.3) is 0 Å². The molecule has 0 amide bonds. The number of aromatic nitrogens is 2. The normalized spacial score (nSPS) is 26.7. The van der Waals surface area contributed by atoms with E-state index in [-0.39, 0.29) is 12.0 Å². The lowest BCUT2D eigenvalue weighted by molar-refractivity contribution is -0.148. The molecule has 1 aliphatic carbocycles. The Morgan fingerprint density at radius 3 is 2.63 bits per heavy atom. The van der Waals surface area contributed by atoms with Crippen molar-refractivity contribution in [3.05, 3.63) is 17.0 Å². The molecule has 1 aromatic rings. The fraction of sp³-hybridized carbons (Fsp3) is 0.714. The summed E-state index contributed by atoms with van der Waals surface area (Å²) in [5.41, 5.74) is 2.94. The van der Waals surface area contributed by atoms with E-state index in [0.29, 0.717) is 0 Å². The number of hydrogen-bond donors (Lipinski definition) is 1. The molecule has 5 heteroatoms. The Labute approximate surface area is 114 Å². The molecule has 5 nitrogen and oxygen atoms in total. The topological polar surface area (TPSA) is 56.1 Å². The van der Waals surface area contributed by atoms with Crippen LogP contribution in [0.4, 0.5) is 0 Å². The number of methoxy groups -OCH3 is 1. The third-order valence-electron chi connectivity index (χ3n) is 4.58. The van der Waals surface area contributed by atoms with Gasteiger partial charge in [0.1, 0.15) is 5.54 Å². The van der Waals surface area contributed by atoms with Crippen molar-refractivity contribution in [3.63, 3.8) is 0 Å². The zero-order valence-electron chi connectivity index (χ0n) is 12.4. The van der Waals surface area contributed by atoms with Gasteiger partial charge in [0.15, 0.2) is 0 Å². The molecule has 1 saturated carbocycles. The van der Waals surface area contributed by atoms with Crippen LogP contribution in [-0.4, -0.2) is 35.4 Å². The second kappa shape index (κ2) is 4.96. The first-order chi connectivity index (χ1) is 8.95. The molecule has 0 aliphatic heterocycles. The van der Waals surface area contributed by atoms with Gasteiger partial charge in [0.2, 0.25) is 0 Å². The summed E-state index contributed by atoms with van der Waals surface area (Å²) in [5.74, 6) is -0.171. The van der Waals surface area contributed by atoms with Crippen LogP contribution in [0.15, 0.2) is 0 Å². The molecular weight excluding hydrogens is 242 g/mol. The molecule has 1 heterocycles. The van der Waals surface area contributed by atoms with Crippen molar-refractivity contribution >= 4 is 5.97 Å². The molecule has 19 heavy (non-hydrogen) atoms. The van der Waals surface area contributed by atoms with Crippen molar-refractivity contribution in [1.29, 1.82) is 0 Å². The van der Waals surface area contributed by atoms with Gasteiger partial charge in [-0.25, -0.2) is 0 Å². The van der Waals surface area contributed by atoms with Crippen LogP contribution in [0.1, 0.15) is 42.3 Å². The molecule has 0 bridgehead atoms. The van der Waals surface area contributed by atoms with E-state index in [1.165, 1.54) is 18.4 Å². The molecule has 106 valence electrons. The van der Waals surface area contributed by atoms with Crippen molar-refractivity contribution in [2.45, 2.75) is 51.6 Å². The van der Waals surface area contributed by atoms with Gasteiger partial charge >= 0.3 is 5.97 Å². The Balaban J connectivity index is 2.26. The Hall–Kier alpha value is -1.36. The Morgan fingerprint density at radius 1 is 1.47 bits per heavy atom. The molecule has 2 atom stereocenters. The smallest absolute Gasteiger partial charge is 0.326 e. The molecule has 2 unspecified atom stereocenters. The number of ether oxygens (including phenoxy) is 1. The van der Waals surface area contributed by atoms with Gasteiger partial charge in [0.05, 0.1) is 18.8 Å². The van der Waals surface area contributed by atoms with E-state index in [1.807, 2.05) is 14.0 Å². The lowest BCUT2D eigenvalue weighted by atomic mass is 9.98. The van der Waals surface area contributed by atoms with Gasteiger partial charge in [-0.15, -0.1) is 0 Å². The minimum atomic E-state index is -0.556. The lowest BCUT2D eigenvalue weighted by Crippen LogP contribution is -2.49. The van der Waals surface area contributed by atoms with Crippen LogP contribution in [0.5, 0.6) is 0 Å². The zero-order chi connectivity index (χ0) is 14.2. The number of aryl methyl sites for hydroxylation is 1. The van der Waals surface area contributed by atoms with E-state index in [4.69, 9.17) is 4.74 Å². The van der Waals surface area contributed by atoms with E-state index < -0.39 is 5.54 Å². The highest BCUT2D eigenvalue weighted by atomic mass is 16.5. The van der Waals surface area contributed by atoms with Crippen LogP contribution in [0, 0.1) is 20.8 Å².